The molecule has 2 N–H and O–H groups in total. The van der Waals surface area contributed by atoms with E-state index in [2.05, 4.69) is 20.5 Å². The van der Waals surface area contributed by atoms with Crippen LogP contribution in [0, 0.1) is 0 Å². The number of benzene rings is 1. The minimum absolute atomic E-state index is 0.0300. The van der Waals surface area contributed by atoms with Gasteiger partial charge in [-0.2, -0.15) is 0 Å². The highest BCUT2D eigenvalue weighted by Gasteiger charge is 2.28. The Morgan fingerprint density at radius 1 is 1.42 bits per heavy atom. The van der Waals surface area contributed by atoms with Crippen molar-refractivity contribution in [1.82, 2.24) is 24.9 Å². The molecule has 0 unspecified atom stereocenters. The fourth-order valence-electron chi connectivity index (χ4n) is 2.85. The van der Waals surface area contributed by atoms with E-state index < -0.39 is 9.84 Å². The number of rotatable bonds is 4. The molecular formula is C14H15N5O3S2. The smallest absolute Gasteiger partial charge is 0.231 e. The first-order valence-electron chi connectivity index (χ1n) is 7.46. The molecule has 126 valence electrons. The van der Waals surface area contributed by atoms with Gasteiger partial charge in [0.2, 0.25) is 11.7 Å². The number of para-hydroxylation sites is 2. The van der Waals surface area contributed by atoms with Crippen molar-refractivity contribution in [3.8, 4) is 0 Å². The maximum atomic E-state index is 12.1. The van der Waals surface area contributed by atoms with Crippen LogP contribution in [0.3, 0.4) is 0 Å². The van der Waals surface area contributed by atoms with Gasteiger partial charge in [-0.1, -0.05) is 23.9 Å². The van der Waals surface area contributed by atoms with Gasteiger partial charge >= 0.3 is 0 Å². The van der Waals surface area contributed by atoms with Crippen molar-refractivity contribution in [1.29, 1.82) is 0 Å². The number of carbonyl (C=O) groups is 1. The van der Waals surface area contributed by atoms with Crippen molar-refractivity contribution in [3.05, 3.63) is 24.3 Å². The molecule has 0 bridgehead atoms. The van der Waals surface area contributed by atoms with Gasteiger partial charge in [0.25, 0.3) is 0 Å². The van der Waals surface area contributed by atoms with Crippen LogP contribution in [0.15, 0.2) is 29.4 Å². The van der Waals surface area contributed by atoms with Gasteiger partial charge in [0.1, 0.15) is 0 Å². The van der Waals surface area contributed by atoms with Gasteiger partial charge in [-0.25, -0.2) is 18.5 Å². The highest BCUT2D eigenvalue weighted by Crippen LogP contribution is 2.22. The monoisotopic (exact) mass is 365 g/mol. The Bertz CT molecular complexity index is 1020. The van der Waals surface area contributed by atoms with E-state index in [0.717, 1.165) is 11.0 Å². The first-order chi connectivity index (χ1) is 11.5. The maximum Gasteiger partial charge on any atom is 0.231 e. The van der Waals surface area contributed by atoms with Crippen molar-refractivity contribution in [2.75, 3.05) is 17.3 Å². The highest BCUT2D eigenvalue weighted by molar-refractivity contribution is 7.99. The predicted octanol–water partition coefficient (Wildman–Crippen LogP) is 0.606. The third-order valence-electron chi connectivity index (χ3n) is 3.93. The van der Waals surface area contributed by atoms with E-state index in [4.69, 9.17) is 0 Å². The lowest BCUT2D eigenvalue weighted by Gasteiger charge is -2.09. The number of nitrogens with one attached hydrogen (secondary N) is 2. The largest absolute Gasteiger partial charge is 0.352 e. The van der Waals surface area contributed by atoms with Gasteiger partial charge < -0.3 is 5.32 Å². The fourth-order valence-corrected chi connectivity index (χ4v) is 5.29. The van der Waals surface area contributed by atoms with Gasteiger partial charge in [0, 0.05) is 6.04 Å². The minimum atomic E-state index is -3.00. The summed E-state index contributed by atoms with van der Waals surface area (Å²) in [5.74, 6) is 0.779. The summed E-state index contributed by atoms with van der Waals surface area (Å²) in [6, 6.07) is 7.41. The summed E-state index contributed by atoms with van der Waals surface area (Å²) in [6.45, 7) is 0. The summed E-state index contributed by atoms with van der Waals surface area (Å²) in [5.41, 5.74) is 1.78. The summed E-state index contributed by atoms with van der Waals surface area (Å²) in [5, 5.41) is 10.5. The second-order valence-electron chi connectivity index (χ2n) is 5.72. The standard InChI is InChI=1S/C14H15N5O3S2/c20-12(15-9-5-6-24(21,22)8-9)7-23-14-18-17-13-16-10-3-1-2-4-11(10)19(13)14/h1-4,9H,5-8H2,(H,15,20)(H,16,17)/t9-/m0/s1. The molecule has 0 aliphatic carbocycles. The average Bonchev–Trinajstić information content (AvgIpc) is 3.18. The molecule has 10 heteroatoms. The second kappa shape index (κ2) is 5.78. The molecule has 4 rings (SSSR count). The van der Waals surface area contributed by atoms with E-state index in [0.29, 0.717) is 17.4 Å². The van der Waals surface area contributed by atoms with Gasteiger partial charge in [0.05, 0.1) is 28.3 Å². The van der Waals surface area contributed by atoms with Crippen molar-refractivity contribution in [2.24, 2.45) is 0 Å². The van der Waals surface area contributed by atoms with Crippen LogP contribution < -0.4 is 5.32 Å². The molecule has 2 aromatic heterocycles. The molecule has 1 fully saturated rings. The number of hydrogen-bond donors (Lipinski definition) is 2. The Morgan fingerprint density at radius 3 is 3.04 bits per heavy atom. The number of H-pyrrole nitrogens is 1. The lowest BCUT2D eigenvalue weighted by atomic mass is 10.3. The molecule has 0 spiro atoms. The number of aromatic nitrogens is 4. The van der Waals surface area contributed by atoms with Crippen LogP contribution in [0.4, 0.5) is 0 Å². The van der Waals surface area contributed by atoms with Gasteiger partial charge in [0.15, 0.2) is 15.0 Å². The van der Waals surface area contributed by atoms with Crippen LogP contribution in [-0.4, -0.2) is 57.2 Å². The van der Waals surface area contributed by atoms with Crippen molar-refractivity contribution >= 4 is 44.3 Å². The normalized spacial score (nSPS) is 19.9. The van der Waals surface area contributed by atoms with Crippen LogP contribution in [0.2, 0.25) is 0 Å². The average molecular weight is 365 g/mol. The molecule has 8 nitrogen and oxygen atoms in total. The quantitative estimate of drug-likeness (QED) is 0.656. The van der Waals surface area contributed by atoms with Gasteiger partial charge in [-0.05, 0) is 18.6 Å². The molecule has 1 amide bonds. The summed E-state index contributed by atoms with van der Waals surface area (Å²) >= 11 is 1.29. The topological polar surface area (TPSA) is 109 Å². The lowest BCUT2D eigenvalue weighted by molar-refractivity contribution is -0.119. The molecule has 1 aromatic carbocycles. The molecule has 0 radical (unpaired) electrons. The molecule has 3 heterocycles. The Balaban J connectivity index is 1.46. The molecule has 0 saturated carbocycles. The molecule has 3 aromatic rings. The molecule has 1 aliphatic rings. The zero-order valence-electron chi connectivity index (χ0n) is 12.6. The summed E-state index contributed by atoms with van der Waals surface area (Å²) in [6.07, 6.45) is 0.484. The van der Waals surface area contributed by atoms with E-state index in [1.165, 1.54) is 11.8 Å². The number of fused-ring (bicyclic) bond motifs is 3. The lowest BCUT2D eigenvalue weighted by Crippen LogP contribution is -2.36. The van der Waals surface area contributed by atoms with Crippen LogP contribution in [0.25, 0.3) is 16.8 Å². The Morgan fingerprint density at radius 2 is 2.25 bits per heavy atom. The fraction of sp³-hybridized carbons (Fsp3) is 0.357. The number of aromatic amines is 1. The molecular weight excluding hydrogens is 350 g/mol. The third-order valence-corrected chi connectivity index (χ3v) is 6.64. The second-order valence-corrected chi connectivity index (χ2v) is 8.89. The summed E-state index contributed by atoms with van der Waals surface area (Å²) < 4.78 is 24.7. The predicted molar refractivity (Wildman–Crippen MR) is 90.8 cm³/mol. The summed E-state index contributed by atoms with van der Waals surface area (Å²) in [7, 11) is -3.00. The minimum Gasteiger partial charge on any atom is -0.352 e. The third kappa shape index (κ3) is 2.86. The van der Waals surface area contributed by atoms with Crippen LogP contribution >= 0.6 is 11.8 Å². The van der Waals surface area contributed by atoms with E-state index in [-0.39, 0.29) is 29.2 Å². The Labute approximate surface area is 141 Å². The molecule has 24 heavy (non-hydrogen) atoms. The number of imidazole rings is 1. The van der Waals surface area contributed by atoms with Gasteiger partial charge in [-0.3, -0.25) is 9.20 Å². The zero-order chi connectivity index (χ0) is 16.7. The highest BCUT2D eigenvalue weighted by atomic mass is 32.2. The van der Waals surface area contributed by atoms with E-state index >= 15 is 0 Å². The number of sulfone groups is 1. The number of carbonyl (C=O) groups excluding carboxylic acids is 1. The summed E-state index contributed by atoms with van der Waals surface area (Å²) in [4.78, 5) is 16.5. The number of nitrogens with zero attached hydrogens (tertiary/aromatic N) is 3. The van der Waals surface area contributed by atoms with Crippen molar-refractivity contribution < 1.29 is 13.2 Å². The zero-order valence-corrected chi connectivity index (χ0v) is 14.2. The number of amides is 1. The van der Waals surface area contributed by atoms with Crippen molar-refractivity contribution in [2.45, 2.75) is 17.6 Å². The van der Waals surface area contributed by atoms with Crippen LogP contribution in [-0.2, 0) is 14.6 Å². The van der Waals surface area contributed by atoms with E-state index in [1.807, 2.05) is 28.7 Å². The molecule has 1 aliphatic heterocycles. The maximum absolute atomic E-state index is 12.1. The Hall–Kier alpha value is -2.07. The van der Waals surface area contributed by atoms with Crippen LogP contribution in [0.1, 0.15) is 6.42 Å². The first kappa shape index (κ1) is 15.5. The van der Waals surface area contributed by atoms with E-state index in [9.17, 15) is 13.2 Å². The first-order valence-corrected chi connectivity index (χ1v) is 10.3. The number of thioether (sulfide) groups is 1. The van der Waals surface area contributed by atoms with E-state index in [1.54, 1.807) is 0 Å². The molecule has 1 atom stereocenters. The SMILES string of the molecule is O=C(CSc1n[nH]c2nc3ccccc3n12)N[C@H]1CCS(=O)(=O)C1. The number of hydrogen-bond acceptors (Lipinski definition) is 6. The van der Waals surface area contributed by atoms with Crippen molar-refractivity contribution in [3.63, 3.8) is 0 Å². The Kier molecular flexibility index (Phi) is 3.72. The van der Waals surface area contributed by atoms with Gasteiger partial charge in [-0.15, -0.1) is 5.10 Å². The van der Waals surface area contributed by atoms with Crippen LogP contribution in [0.5, 0.6) is 0 Å². The molecule has 1 saturated heterocycles.